The number of aromatic nitrogens is 3. The third kappa shape index (κ3) is 11.1. The molecule has 1 amide bonds. The molecule has 6 aliphatic rings. The molecule has 4 aliphatic heterocycles. The van der Waals surface area contributed by atoms with Gasteiger partial charge in [0.15, 0.2) is 5.75 Å². The van der Waals surface area contributed by atoms with E-state index in [1.165, 1.54) is 12.1 Å². The molecule has 12 rings (SSSR count). The number of hydrogen-bond donors (Lipinski definition) is 4. The highest BCUT2D eigenvalue weighted by Crippen LogP contribution is 2.54. The maximum absolute atomic E-state index is 14.8. The number of piperazine rings is 1. The fourth-order valence-corrected chi connectivity index (χ4v) is 14.7. The second-order valence-electron chi connectivity index (χ2n) is 23.2. The number of hydrogen-bond acceptors (Lipinski definition) is 17. The number of nitrogens with zero attached hydrogens (tertiary/aromatic N) is 7. The normalized spacial score (nSPS) is 24.2. The number of ether oxygens (including phenoxy) is 4. The van der Waals surface area contributed by atoms with Crippen LogP contribution in [0.4, 0.5) is 28.4 Å². The lowest BCUT2D eigenvalue weighted by molar-refractivity contribution is -0.384. The molecule has 0 unspecified atom stereocenters. The van der Waals surface area contributed by atoms with Gasteiger partial charge in [-0.3, -0.25) is 24.7 Å². The molecule has 6 aromatic rings. The predicted molar refractivity (Wildman–Crippen MR) is 308 cm³/mol. The van der Waals surface area contributed by atoms with Gasteiger partial charge in [-0.25, -0.2) is 18.1 Å². The van der Waals surface area contributed by atoms with Crippen molar-refractivity contribution in [1.82, 2.24) is 29.5 Å². The minimum atomic E-state index is -4.65. The molecular weight excluding hydrogens is 1080 g/mol. The third-order valence-electron chi connectivity index (χ3n) is 18.0. The number of methoxy groups -OCH3 is 2. The lowest BCUT2D eigenvalue weighted by Crippen LogP contribution is -2.59. The van der Waals surface area contributed by atoms with E-state index in [0.717, 1.165) is 105 Å². The largest absolute Gasteiger partial charge is 0.491 e. The van der Waals surface area contributed by atoms with E-state index in [0.29, 0.717) is 79.5 Å². The molecule has 0 radical (unpaired) electrons. The first kappa shape index (κ1) is 54.8. The highest BCUT2D eigenvalue weighted by molar-refractivity contribution is 7.90. The highest BCUT2D eigenvalue weighted by atomic mass is 35.5. The first-order valence-electron chi connectivity index (χ1n) is 28.1. The zero-order valence-electron chi connectivity index (χ0n) is 45.8. The molecule has 2 saturated carbocycles. The molecule has 3 saturated heterocycles. The minimum absolute atomic E-state index is 0.0951. The molecular formula is C59H69ClN10O10S. The average molecular weight is 1150 g/mol. The Hall–Kier alpha value is -6.75. The number of nitrogens with one attached hydrogen (secondary N) is 3. The first-order valence-corrected chi connectivity index (χ1v) is 29.9. The number of nitro groups is 1. The number of piperidine rings is 1. The van der Waals surface area contributed by atoms with Crippen LogP contribution < -0.4 is 34.0 Å². The number of pyridine rings is 2. The number of sulfonamides is 1. The molecule has 3 aromatic heterocycles. The summed E-state index contributed by atoms with van der Waals surface area (Å²) in [6.45, 7) is 7.85. The molecule has 5 fully saturated rings. The number of anilines is 4. The van der Waals surface area contributed by atoms with Crippen LogP contribution in [0.15, 0.2) is 96.2 Å². The van der Waals surface area contributed by atoms with E-state index >= 15 is 0 Å². The SMILES string of the molecule is COc1cc(CN2CCN(C3CC4(CCN(c5ccc(C(=O)NS(=O)(=O)c6ccc(NCC7CCC(C)(O)CC7)c([N+](=O)[O-])c6)c(N6c7cc8cc[nH]c8nc7O[C@H]7COCC[C@@H]76)c5)CC4)C3)[C@@H](c3ccccc3Cl)C2)cnc1OC. The molecule has 428 valence electrons. The summed E-state index contributed by atoms with van der Waals surface area (Å²) in [7, 11) is -1.44. The number of H-pyrrole nitrogens is 1. The minimum Gasteiger partial charge on any atom is -0.491 e. The van der Waals surface area contributed by atoms with Gasteiger partial charge in [0.2, 0.25) is 5.88 Å². The van der Waals surface area contributed by atoms with Crippen molar-refractivity contribution in [3.05, 3.63) is 123 Å². The van der Waals surface area contributed by atoms with Crippen molar-refractivity contribution in [3.63, 3.8) is 0 Å². The Morgan fingerprint density at radius 1 is 0.963 bits per heavy atom. The molecule has 81 heavy (non-hydrogen) atoms. The average Bonchev–Trinajstić information content (AvgIpc) is 3.93. The molecule has 2 aliphatic carbocycles. The van der Waals surface area contributed by atoms with Crippen LogP contribution in [0.25, 0.3) is 11.0 Å². The Morgan fingerprint density at radius 3 is 2.53 bits per heavy atom. The van der Waals surface area contributed by atoms with E-state index in [1.807, 2.05) is 55.6 Å². The molecule has 20 nitrogen and oxygen atoms in total. The summed E-state index contributed by atoms with van der Waals surface area (Å²) in [5.41, 5.74) is 4.08. The fourth-order valence-electron chi connectivity index (χ4n) is 13.4. The van der Waals surface area contributed by atoms with Crippen molar-refractivity contribution in [2.24, 2.45) is 11.3 Å². The summed E-state index contributed by atoms with van der Waals surface area (Å²) in [6.07, 6.45) is 10.6. The number of amides is 1. The Bertz CT molecular complexity index is 3450. The van der Waals surface area contributed by atoms with Gasteiger partial charge in [-0.1, -0.05) is 29.8 Å². The van der Waals surface area contributed by atoms with E-state index in [1.54, 1.807) is 26.5 Å². The smallest absolute Gasteiger partial charge is 0.293 e. The number of aliphatic hydroxyl groups is 1. The van der Waals surface area contributed by atoms with Gasteiger partial charge in [0.25, 0.3) is 27.5 Å². The van der Waals surface area contributed by atoms with Gasteiger partial charge in [0.1, 0.15) is 23.1 Å². The molecule has 3 aromatic carbocycles. The molecule has 7 heterocycles. The van der Waals surface area contributed by atoms with Crippen LogP contribution in [-0.4, -0.2) is 140 Å². The lowest BCUT2D eigenvalue weighted by Gasteiger charge is -2.58. The standard InChI is InChI=1S/C59H69ClN10O10S/c1-58(72)16-12-37(13-17-58)32-62-46-11-9-42(29-49(46)70(73)74)81(75,76)65-55(71)44-10-8-40(28-48(44)69-47-15-25-79-36-53(47)80-56-50(69)27-39-14-20-61-54(39)64-56)67-21-18-59(19-22-67)30-41(31-59)68-24-23-66(35-51(68)43-6-4-5-7-45(43)60)34-38-26-52(77-2)57(78-3)63-33-38/h4-11,14,20,26-29,33,37,41,47,51,53,62,72H,12-13,15-19,21-25,30-32,34-36H2,1-3H3,(H,61,64)(H,65,71)/t37?,47-,51+,53-,58?/m0/s1. The zero-order chi connectivity index (χ0) is 56.2. The zero-order valence-corrected chi connectivity index (χ0v) is 47.4. The number of carbonyl (C=O) groups excluding carboxylic acids is 1. The van der Waals surface area contributed by atoms with Crippen LogP contribution in [0, 0.1) is 21.4 Å². The predicted octanol–water partition coefficient (Wildman–Crippen LogP) is 9.00. The van der Waals surface area contributed by atoms with Crippen molar-refractivity contribution in [2.75, 3.05) is 81.8 Å². The number of rotatable bonds is 15. The van der Waals surface area contributed by atoms with Crippen LogP contribution >= 0.6 is 11.6 Å². The number of aromatic amines is 1. The molecule has 3 atom stereocenters. The van der Waals surface area contributed by atoms with Crippen molar-refractivity contribution < 1.29 is 42.2 Å². The second-order valence-corrected chi connectivity index (χ2v) is 25.3. The van der Waals surface area contributed by atoms with Gasteiger partial charge in [0.05, 0.1) is 53.5 Å². The van der Waals surface area contributed by atoms with E-state index in [9.17, 15) is 28.4 Å². The molecule has 4 N–H and O–H groups in total. The first-order chi connectivity index (χ1) is 39.1. The summed E-state index contributed by atoms with van der Waals surface area (Å²) < 4.78 is 54.2. The monoisotopic (exact) mass is 1140 g/mol. The van der Waals surface area contributed by atoms with Gasteiger partial charge in [0, 0.05) is 99.1 Å². The maximum atomic E-state index is 14.8. The van der Waals surface area contributed by atoms with Gasteiger partial charge in [-0.15, -0.1) is 0 Å². The van der Waals surface area contributed by atoms with Crippen LogP contribution in [0.2, 0.25) is 5.02 Å². The fraction of sp³-hybridized carbons (Fsp3) is 0.475. The van der Waals surface area contributed by atoms with Gasteiger partial charge in [-0.2, -0.15) is 4.98 Å². The van der Waals surface area contributed by atoms with E-state index in [-0.39, 0.29) is 41.3 Å². The quantitative estimate of drug-likeness (QED) is 0.0555. The van der Waals surface area contributed by atoms with Gasteiger partial charge >= 0.3 is 0 Å². The Balaban J connectivity index is 0.790. The second kappa shape index (κ2) is 22.2. The Kier molecular flexibility index (Phi) is 15.0. The summed E-state index contributed by atoms with van der Waals surface area (Å²) in [6, 6.07) is 23.4. The van der Waals surface area contributed by atoms with Crippen molar-refractivity contribution in [1.29, 1.82) is 0 Å². The molecule has 1 spiro atoms. The van der Waals surface area contributed by atoms with Crippen LogP contribution in [-0.2, 0) is 21.3 Å². The summed E-state index contributed by atoms with van der Waals surface area (Å²) >= 11 is 6.97. The third-order valence-corrected chi connectivity index (χ3v) is 19.7. The van der Waals surface area contributed by atoms with Crippen LogP contribution in [0.1, 0.15) is 92.2 Å². The Morgan fingerprint density at radius 2 is 1.77 bits per heavy atom. The van der Waals surface area contributed by atoms with Gasteiger partial charge < -0.3 is 44.2 Å². The summed E-state index contributed by atoms with van der Waals surface area (Å²) in [5, 5.41) is 27.6. The highest BCUT2D eigenvalue weighted by Gasteiger charge is 2.50. The van der Waals surface area contributed by atoms with Crippen molar-refractivity contribution in [2.45, 2.75) is 106 Å². The van der Waals surface area contributed by atoms with Crippen molar-refractivity contribution >= 4 is 67.0 Å². The number of fused-ring (bicyclic) bond motifs is 3. The van der Waals surface area contributed by atoms with E-state index < -0.39 is 43.1 Å². The molecule has 22 heteroatoms. The van der Waals surface area contributed by atoms with Crippen LogP contribution in [0.5, 0.6) is 17.5 Å². The topological polar surface area (TPSA) is 230 Å². The van der Waals surface area contributed by atoms with Gasteiger partial charge in [-0.05, 0) is 142 Å². The number of nitro benzene ring substituents is 1. The van der Waals surface area contributed by atoms with E-state index in [2.05, 4.69) is 51.7 Å². The van der Waals surface area contributed by atoms with Crippen LogP contribution in [0.3, 0.4) is 0 Å². The summed E-state index contributed by atoms with van der Waals surface area (Å²) in [5.74, 6) is 0.709. The van der Waals surface area contributed by atoms with E-state index in [4.69, 9.17) is 35.5 Å². The number of benzene rings is 3. The molecule has 0 bridgehead atoms. The summed E-state index contributed by atoms with van der Waals surface area (Å²) in [4.78, 5) is 48.3. The maximum Gasteiger partial charge on any atom is 0.293 e. The lowest BCUT2D eigenvalue weighted by atomic mass is 9.59. The number of carbonyl (C=O) groups is 1. The van der Waals surface area contributed by atoms with Crippen molar-refractivity contribution in [3.8, 4) is 17.5 Å². The number of halogens is 1. The Labute approximate surface area is 476 Å².